The van der Waals surface area contributed by atoms with E-state index in [0.717, 1.165) is 11.4 Å². The van der Waals surface area contributed by atoms with E-state index < -0.39 is 6.04 Å². The minimum Gasteiger partial charge on any atom is -0.319 e. The smallest absolute Gasteiger partial charge is 0.142 e. The average Bonchev–Trinajstić information content (AvgIpc) is 2.73. The van der Waals surface area contributed by atoms with Gasteiger partial charge in [-0.2, -0.15) is 5.10 Å². The molecular formula is C13H15BrFN3. The topological polar surface area (TPSA) is 43.8 Å². The summed E-state index contributed by atoms with van der Waals surface area (Å²) >= 11 is 3.17. The number of halogens is 2. The van der Waals surface area contributed by atoms with Gasteiger partial charge in [-0.15, -0.1) is 0 Å². The van der Waals surface area contributed by atoms with E-state index in [2.05, 4.69) is 21.0 Å². The molecule has 0 fully saturated rings. The monoisotopic (exact) mass is 311 g/mol. The second kappa shape index (κ2) is 5.20. The number of hydrogen-bond donors (Lipinski definition) is 1. The summed E-state index contributed by atoms with van der Waals surface area (Å²) in [5.41, 5.74) is 8.34. The highest BCUT2D eigenvalue weighted by molar-refractivity contribution is 9.10. The summed E-state index contributed by atoms with van der Waals surface area (Å²) in [7, 11) is 0. The predicted octanol–water partition coefficient (Wildman–Crippen LogP) is 3.16. The Labute approximate surface area is 114 Å². The highest BCUT2D eigenvalue weighted by atomic mass is 79.9. The minimum atomic E-state index is -0.511. The molecule has 0 spiro atoms. The molecular weight excluding hydrogens is 297 g/mol. The lowest BCUT2D eigenvalue weighted by Crippen LogP contribution is -2.18. The second-order valence-electron chi connectivity index (χ2n) is 4.15. The lowest BCUT2D eigenvalue weighted by molar-refractivity contribution is 0.563. The van der Waals surface area contributed by atoms with Gasteiger partial charge in [0, 0.05) is 12.1 Å². The van der Waals surface area contributed by atoms with Crippen molar-refractivity contribution in [3.05, 3.63) is 51.5 Å². The van der Waals surface area contributed by atoms with Gasteiger partial charge in [-0.1, -0.05) is 12.1 Å². The predicted molar refractivity (Wildman–Crippen MR) is 72.8 cm³/mol. The zero-order chi connectivity index (χ0) is 13.3. The van der Waals surface area contributed by atoms with Crippen LogP contribution in [0.1, 0.15) is 29.9 Å². The molecule has 1 unspecified atom stereocenters. The molecule has 0 aliphatic heterocycles. The van der Waals surface area contributed by atoms with E-state index in [4.69, 9.17) is 5.73 Å². The van der Waals surface area contributed by atoms with Gasteiger partial charge in [0.2, 0.25) is 0 Å². The van der Waals surface area contributed by atoms with Crippen LogP contribution in [0.25, 0.3) is 0 Å². The van der Waals surface area contributed by atoms with E-state index in [9.17, 15) is 4.39 Å². The Morgan fingerprint density at radius 1 is 1.50 bits per heavy atom. The van der Waals surface area contributed by atoms with Crippen molar-refractivity contribution in [2.45, 2.75) is 26.4 Å². The molecule has 2 rings (SSSR count). The number of rotatable bonds is 3. The summed E-state index contributed by atoms with van der Waals surface area (Å²) in [6.07, 6.45) is 0. The number of benzene rings is 1. The standard InChI is InChI=1S/C13H15BrFN3/c1-3-18-11(7-8(2)17-18)13(16)9-5-4-6-10(14)12(9)15/h4-7,13H,3,16H2,1-2H3. The van der Waals surface area contributed by atoms with Crippen LogP contribution in [0.5, 0.6) is 0 Å². The third-order valence-electron chi connectivity index (χ3n) is 2.87. The Hall–Kier alpha value is -1.20. The molecule has 0 aliphatic carbocycles. The minimum absolute atomic E-state index is 0.313. The third kappa shape index (κ3) is 2.33. The Balaban J connectivity index is 2.47. The van der Waals surface area contributed by atoms with Gasteiger partial charge in [0.1, 0.15) is 5.82 Å². The fourth-order valence-electron chi connectivity index (χ4n) is 1.99. The maximum atomic E-state index is 14.0. The fourth-order valence-corrected chi connectivity index (χ4v) is 2.37. The van der Waals surface area contributed by atoms with Crippen LogP contribution in [0.15, 0.2) is 28.7 Å². The molecule has 0 bridgehead atoms. The van der Waals surface area contributed by atoms with Crippen LogP contribution < -0.4 is 5.73 Å². The maximum Gasteiger partial charge on any atom is 0.142 e. The third-order valence-corrected chi connectivity index (χ3v) is 3.48. The number of hydrogen-bond acceptors (Lipinski definition) is 2. The van der Waals surface area contributed by atoms with E-state index in [1.54, 1.807) is 22.9 Å². The van der Waals surface area contributed by atoms with Crippen LogP contribution in [-0.4, -0.2) is 9.78 Å². The molecule has 3 nitrogen and oxygen atoms in total. The molecule has 1 aromatic heterocycles. The van der Waals surface area contributed by atoms with E-state index in [1.807, 2.05) is 19.9 Å². The van der Waals surface area contributed by atoms with Gasteiger partial charge >= 0.3 is 0 Å². The largest absolute Gasteiger partial charge is 0.319 e. The van der Waals surface area contributed by atoms with Crippen molar-refractivity contribution < 1.29 is 4.39 Å². The Morgan fingerprint density at radius 2 is 2.22 bits per heavy atom. The second-order valence-corrected chi connectivity index (χ2v) is 5.00. The van der Waals surface area contributed by atoms with E-state index >= 15 is 0 Å². The van der Waals surface area contributed by atoms with Gasteiger partial charge in [0.05, 0.1) is 21.9 Å². The zero-order valence-corrected chi connectivity index (χ0v) is 11.9. The molecule has 0 aliphatic rings. The summed E-state index contributed by atoms with van der Waals surface area (Å²) in [5.74, 6) is -0.313. The van der Waals surface area contributed by atoms with Gasteiger partial charge in [0.15, 0.2) is 0 Å². The molecule has 2 N–H and O–H groups in total. The highest BCUT2D eigenvalue weighted by Crippen LogP contribution is 2.27. The molecule has 1 heterocycles. The molecule has 0 saturated heterocycles. The van der Waals surface area contributed by atoms with Crippen molar-refractivity contribution in [1.82, 2.24) is 9.78 Å². The van der Waals surface area contributed by atoms with Gasteiger partial charge in [0.25, 0.3) is 0 Å². The lowest BCUT2D eigenvalue weighted by Gasteiger charge is -2.15. The summed E-state index contributed by atoms with van der Waals surface area (Å²) in [6, 6.07) is 6.53. The molecule has 0 amide bonds. The molecule has 0 radical (unpaired) electrons. The van der Waals surface area contributed by atoms with Crippen LogP contribution in [-0.2, 0) is 6.54 Å². The van der Waals surface area contributed by atoms with Gasteiger partial charge in [-0.05, 0) is 41.9 Å². The quantitative estimate of drug-likeness (QED) is 0.946. The van der Waals surface area contributed by atoms with Crippen molar-refractivity contribution in [2.75, 3.05) is 0 Å². The number of aromatic nitrogens is 2. The molecule has 0 saturated carbocycles. The van der Waals surface area contributed by atoms with Crippen LogP contribution in [0.4, 0.5) is 4.39 Å². The first-order chi connectivity index (χ1) is 8.54. The van der Waals surface area contributed by atoms with Crippen LogP contribution >= 0.6 is 15.9 Å². The highest BCUT2D eigenvalue weighted by Gasteiger charge is 2.19. The normalized spacial score (nSPS) is 12.7. The van der Waals surface area contributed by atoms with Gasteiger partial charge in [-0.25, -0.2) is 4.39 Å². The first-order valence-corrected chi connectivity index (χ1v) is 6.57. The first-order valence-electron chi connectivity index (χ1n) is 5.78. The number of aryl methyl sites for hydroxylation is 2. The van der Waals surface area contributed by atoms with Gasteiger partial charge < -0.3 is 5.73 Å². The molecule has 18 heavy (non-hydrogen) atoms. The van der Waals surface area contributed by atoms with Crippen molar-refractivity contribution in [3.8, 4) is 0 Å². The van der Waals surface area contributed by atoms with Crippen molar-refractivity contribution in [2.24, 2.45) is 5.73 Å². The van der Waals surface area contributed by atoms with Crippen molar-refractivity contribution >= 4 is 15.9 Å². The Morgan fingerprint density at radius 3 is 2.89 bits per heavy atom. The molecule has 1 atom stereocenters. The van der Waals surface area contributed by atoms with Crippen molar-refractivity contribution in [3.63, 3.8) is 0 Å². The summed E-state index contributed by atoms with van der Waals surface area (Å²) < 4.78 is 16.3. The van der Waals surface area contributed by atoms with E-state index in [1.165, 1.54) is 0 Å². The average molecular weight is 312 g/mol. The SMILES string of the molecule is CCn1nc(C)cc1C(N)c1cccc(Br)c1F. The molecule has 1 aromatic carbocycles. The number of nitrogens with zero attached hydrogens (tertiary/aromatic N) is 2. The van der Waals surface area contributed by atoms with Crippen LogP contribution in [0.3, 0.4) is 0 Å². The lowest BCUT2D eigenvalue weighted by atomic mass is 10.0. The summed E-state index contributed by atoms with van der Waals surface area (Å²) in [6.45, 7) is 4.60. The van der Waals surface area contributed by atoms with Crippen LogP contribution in [0.2, 0.25) is 0 Å². The Bertz CT molecular complexity index is 565. The maximum absolute atomic E-state index is 14.0. The summed E-state index contributed by atoms with van der Waals surface area (Å²) in [4.78, 5) is 0. The Kier molecular flexibility index (Phi) is 3.82. The molecule has 5 heteroatoms. The van der Waals surface area contributed by atoms with Crippen LogP contribution in [0, 0.1) is 12.7 Å². The zero-order valence-electron chi connectivity index (χ0n) is 10.3. The molecule has 96 valence electrons. The number of nitrogens with two attached hydrogens (primary N) is 1. The van der Waals surface area contributed by atoms with Gasteiger partial charge in [-0.3, -0.25) is 4.68 Å². The van der Waals surface area contributed by atoms with Crippen molar-refractivity contribution in [1.29, 1.82) is 0 Å². The van der Waals surface area contributed by atoms with E-state index in [0.29, 0.717) is 16.6 Å². The fraction of sp³-hybridized carbons (Fsp3) is 0.308. The first kappa shape index (κ1) is 13.2. The van der Waals surface area contributed by atoms with E-state index in [-0.39, 0.29) is 5.82 Å². The molecule has 2 aromatic rings. The summed E-state index contributed by atoms with van der Waals surface area (Å²) in [5, 5.41) is 4.33.